The standard InChI is InChI=1S/C19H32N4O2/c1-16(15-23-10-8-22(2)9-11-23)13-20-19(25)21-14-18(24)12-17-6-4-3-5-7-17/h3-7,16,18,24H,8-15H2,1-2H3,(H2,20,21,25). The second kappa shape index (κ2) is 10.4. The Morgan fingerprint density at radius 3 is 2.44 bits per heavy atom. The Labute approximate surface area is 151 Å². The highest BCUT2D eigenvalue weighted by Gasteiger charge is 2.16. The van der Waals surface area contributed by atoms with Crippen LogP contribution in [0.15, 0.2) is 30.3 Å². The number of carbonyl (C=O) groups is 1. The van der Waals surface area contributed by atoms with E-state index in [0.717, 1.165) is 38.3 Å². The molecule has 0 radical (unpaired) electrons. The van der Waals surface area contributed by atoms with Crippen LogP contribution in [-0.2, 0) is 6.42 Å². The Hall–Kier alpha value is -1.63. The molecule has 0 spiro atoms. The van der Waals surface area contributed by atoms with Gasteiger partial charge in [0, 0.05) is 52.2 Å². The summed E-state index contributed by atoms with van der Waals surface area (Å²) < 4.78 is 0. The number of aliphatic hydroxyl groups is 1. The molecule has 0 saturated carbocycles. The smallest absolute Gasteiger partial charge is 0.314 e. The Morgan fingerprint density at radius 1 is 1.12 bits per heavy atom. The van der Waals surface area contributed by atoms with E-state index in [4.69, 9.17) is 0 Å². The van der Waals surface area contributed by atoms with Crippen molar-refractivity contribution in [3.8, 4) is 0 Å². The van der Waals surface area contributed by atoms with Gasteiger partial charge in [-0.25, -0.2) is 4.79 Å². The van der Waals surface area contributed by atoms with Crippen LogP contribution >= 0.6 is 0 Å². The zero-order valence-corrected chi connectivity index (χ0v) is 15.4. The lowest BCUT2D eigenvalue weighted by Crippen LogP contribution is -2.47. The molecule has 1 aliphatic heterocycles. The number of amides is 2. The van der Waals surface area contributed by atoms with Crippen molar-refractivity contribution < 1.29 is 9.90 Å². The molecule has 1 aliphatic rings. The molecule has 1 fully saturated rings. The van der Waals surface area contributed by atoms with Crippen LogP contribution in [0.5, 0.6) is 0 Å². The molecule has 2 unspecified atom stereocenters. The number of carbonyl (C=O) groups excluding carboxylic acids is 1. The van der Waals surface area contributed by atoms with Crippen molar-refractivity contribution in [1.29, 1.82) is 0 Å². The Kier molecular flexibility index (Phi) is 8.18. The summed E-state index contributed by atoms with van der Waals surface area (Å²) in [6, 6.07) is 9.59. The Morgan fingerprint density at radius 2 is 1.76 bits per heavy atom. The molecular formula is C19H32N4O2. The second-order valence-corrected chi connectivity index (χ2v) is 7.14. The number of nitrogens with one attached hydrogen (secondary N) is 2. The van der Waals surface area contributed by atoms with E-state index in [1.807, 2.05) is 30.3 Å². The number of hydrogen-bond acceptors (Lipinski definition) is 4. The molecule has 0 bridgehead atoms. The van der Waals surface area contributed by atoms with Crippen LogP contribution in [-0.4, -0.2) is 79.9 Å². The molecular weight excluding hydrogens is 316 g/mol. The minimum atomic E-state index is -0.573. The van der Waals surface area contributed by atoms with Crippen LogP contribution < -0.4 is 10.6 Å². The highest BCUT2D eigenvalue weighted by Crippen LogP contribution is 2.04. The number of rotatable bonds is 8. The largest absolute Gasteiger partial charge is 0.391 e. The summed E-state index contributed by atoms with van der Waals surface area (Å²) in [5.41, 5.74) is 1.07. The molecule has 1 heterocycles. The SMILES string of the molecule is CC(CNC(=O)NCC(O)Cc1ccccc1)CN1CCN(C)CC1. The maximum Gasteiger partial charge on any atom is 0.314 e. The second-order valence-electron chi connectivity index (χ2n) is 7.14. The summed E-state index contributed by atoms with van der Waals surface area (Å²) in [5, 5.41) is 15.7. The molecule has 25 heavy (non-hydrogen) atoms. The van der Waals surface area contributed by atoms with Crippen molar-refractivity contribution in [2.45, 2.75) is 19.4 Å². The molecule has 6 heteroatoms. The first-order valence-corrected chi connectivity index (χ1v) is 9.17. The highest BCUT2D eigenvalue weighted by molar-refractivity contribution is 5.73. The fraction of sp³-hybridized carbons (Fsp3) is 0.632. The summed E-state index contributed by atoms with van der Waals surface area (Å²) in [6.07, 6.45) is -0.0306. The van der Waals surface area contributed by atoms with Gasteiger partial charge >= 0.3 is 6.03 Å². The predicted octanol–water partition coefficient (Wildman–Crippen LogP) is 0.773. The highest BCUT2D eigenvalue weighted by atomic mass is 16.3. The van der Waals surface area contributed by atoms with Gasteiger partial charge in [-0.1, -0.05) is 37.3 Å². The van der Waals surface area contributed by atoms with Crippen LogP contribution in [0.4, 0.5) is 4.79 Å². The summed E-state index contributed by atoms with van der Waals surface area (Å²) >= 11 is 0. The number of urea groups is 1. The predicted molar refractivity (Wildman–Crippen MR) is 101 cm³/mol. The van der Waals surface area contributed by atoms with Crippen molar-refractivity contribution >= 4 is 6.03 Å². The van der Waals surface area contributed by atoms with Gasteiger partial charge in [-0.2, -0.15) is 0 Å². The van der Waals surface area contributed by atoms with E-state index in [9.17, 15) is 9.90 Å². The average molecular weight is 348 g/mol. The van der Waals surface area contributed by atoms with E-state index in [1.165, 1.54) is 0 Å². The minimum absolute atomic E-state index is 0.211. The number of aliphatic hydroxyl groups excluding tert-OH is 1. The van der Waals surface area contributed by atoms with Crippen molar-refractivity contribution in [3.05, 3.63) is 35.9 Å². The molecule has 1 saturated heterocycles. The summed E-state index contributed by atoms with van der Waals surface area (Å²) in [5.74, 6) is 0.406. The number of nitrogens with zero attached hydrogens (tertiary/aromatic N) is 2. The maximum absolute atomic E-state index is 11.9. The zero-order chi connectivity index (χ0) is 18.1. The van der Waals surface area contributed by atoms with E-state index < -0.39 is 6.10 Å². The van der Waals surface area contributed by atoms with E-state index in [2.05, 4.69) is 34.4 Å². The summed E-state index contributed by atoms with van der Waals surface area (Å²) in [7, 11) is 2.15. The fourth-order valence-corrected chi connectivity index (χ4v) is 3.03. The molecule has 3 N–H and O–H groups in total. The third kappa shape index (κ3) is 7.86. The lowest BCUT2D eigenvalue weighted by atomic mass is 10.1. The van der Waals surface area contributed by atoms with E-state index in [1.54, 1.807) is 0 Å². The van der Waals surface area contributed by atoms with Crippen LogP contribution in [0.2, 0.25) is 0 Å². The van der Waals surface area contributed by atoms with Gasteiger partial charge in [0.1, 0.15) is 0 Å². The van der Waals surface area contributed by atoms with Crippen LogP contribution in [0.25, 0.3) is 0 Å². The minimum Gasteiger partial charge on any atom is -0.391 e. The molecule has 0 aliphatic carbocycles. The third-order valence-corrected chi connectivity index (χ3v) is 4.59. The quantitative estimate of drug-likeness (QED) is 0.649. The maximum atomic E-state index is 11.9. The first-order valence-electron chi connectivity index (χ1n) is 9.17. The van der Waals surface area contributed by atoms with Gasteiger partial charge in [-0.3, -0.25) is 0 Å². The number of likely N-dealkylation sites (N-methyl/N-ethyl adjacent to an activating group) is 1. The number of hydrogen-bond donors (Lipinski definition) is 3. The van der Waals surface area contributed by atoms with Gasteiger partial charge in [0.2, 0.25) is 0 Å². The Bertz CT molecular complexity index is 503. The molecule has 1 aromatic carbocycles. The van der Waals surface area contributed by atoms with Crippen molar-refractivity contribution in [2.24, 2.45) is 5.92 Å². The third-order valence-electron chi connectivity index (χ3n) is 4.59. The van der Waals surface area contributed by atoms with E-state index >= 15 is 0 Å². The molecule has 2 amide bonds. The van der Waals surface area contributed by atoms with Crippen LogP contribution in [0.1, 0.15) is 12.5 Å². The summed E-state index contributed by atoms with van der Waals surface area (Å²) in [6.45, 7) is 8.48. The lowest BCUT2D eigenvalue weighted by molar-refractivity contribution is 0.138. The van der Waals surface area contributed by atoms with Crippen molar-refractivity contribution in [1.82, 2.24) is 20.4 Å². The topological polar surface area (TPSA) is 67.8 Å². The first kappa shape index (κ1) is 19.7. The molecule has 2 atom stereocenters. The number of piperazine rings is 1. The first-order chi connectivity index (χ1) is 12.0. The van der Waals surface area contributed by atoms with E-state index in [-0.39, 0.29) is 12.6 Å². The molecule has 2 rings (SSSR count). The molecule has 140 valence electrons. The number of benzene rings is 1. The lowest BCUT2D eigenvalue weighted by Gasteiger charge is -2.33. The van der Waals surface area contributed by atoms with Gasteiger partial charge in [-0.05, 0) is 18.5 Å². The molecule has 6 nitrogen and oxygen atoms in total. The zero-order valence-electron chi connectivity index (χ0n) is 15.4. The van der Waals surface area contributed by atoms with Gasteiger partial charge in [0.15, 0.2) is 0 Å². The monoisotopic (exact) mass is 348 g/mol. The fourth-order valence-electron chi connectivity index (χ4n) is 3.03. The Balaban J connectivity index is 1.57. The summed E-state index contributed by atoms with van der Waals surface area (Å²) in [4.78, 5) is 16.7. The van der Waals surface area contributed by atoms with Gasteiger partial charge in [0.05, 0.1) is 6.10 Å². The normalized spacial score (nSPS) is 18.5. The molecule has 1 aromatic rings. The van der Waals surface area contributed by atoms with Crippen molar-refractivity contribution in [3.63, 3.8) is 0 Å². The van der Waals surface area contributed by atoms with Gasteiger partial charge < -0.3 is 25.5 Å². The van der Waals surface area contributed by atoms with Crippen LogP contribution in [0.3, 0.4) is 0 Å². The average Bonchev–Trinajstić information content (AvgIpc) is 2.61. The van der Waals surface area contributed by atoms with E-state index in [0.29, 0.717) is 18.9 Å². The van der Waals surface area contributed by atoms with Crippen LogP contribution in [0, 0.1) is 5.92 Å². The molecule has 0 aromatic heterocycles. The van der Waals surface area contributed by atoms with Crippen molar-refractivity contribution in [2.75, 3.05) is 52.9 Å². The van der Waals surface area contributed by atoms with Gasteiger partial charge in [-0.15, -0.1) is 0 Å². The van der Waals surface area contributed by atoms with Gasteiger partial charge in [0.25, 0.3) is 0 Å².